The van der Waals surface area contributed by atoms with E-state index in [-0.39, 0.29) is 24.7 Å². The summed E-state index contributed by atoms with van der Waals surface area (Å²) in [6, 6.07) is -4.55. The molecule has 0 heterocycles. The van der Waals surface area contributed by atoms with Gasteiger partial charge in [0.2, 0.25) is 17.7 Å². The number of carbonyl (C=O) groups excluding carboxylic acids is 3. The average molecular weight is 489 g/mol. The van der Waals surface area contributed by atoms with E-state index in [4.69, 9.17) is 22.9 Å². The molecule has 34 heavy (non-hydrogen) atoms. The summed E-state index contributed by atoms with van der Waals surface area (Å²) in [4.78, 5) is 52.8. The van der Waals surface area contributed by atoms with Gasteiger partial charge in [-0.2, -0.15) is 0 Å². The van der Waals surface area contributed by atoms with E-state index in [1.54, 1.807) is 13.8 Å². The number of carboxylic acids is 1. The number of carbonyl (C=O) groups is 4. The van der Waals surface area contributed by atoms with Gasteiger partial charge in [-0.25, -0.2) is 4.79 Å². The van der Waals surface area contributed by atoms with Crippen LogP contribution in [0.15, 0.2) is 4.99 Å². The third kappa shape index (κ3) is 12.3. The molecular weight excluding hydrogens is 448 g/mol. The van der Waals surface area contributed by atoms with E-state index in [1.165, 1.54) is 0 Å². The number of rotatable bonds is 17. The molecular formula is C20H40N8O6. The highest BCUT2D eigenvalue weighted by atomic mass is 16.4. The number of carboxylic acid groups (broad SMARTS) is 1. The van der Waals surface area contributed by atoms with E-state index in [9.17, 15) is 29.4 Å². The Morgan fingerprint density at radius 3 is 2.00 bits per heavy atom. The molecule has 0 aliphatic carbocycles. The maximum atomic E-state index is 12.7. The van der Waals surface area contributed by atoms with Crippen molar-refractivity contribution in [3.05, 3.63) is 0 Å². The largest absolute Gasteiger partial charge is 0.480 e. The summed E-state index contributed by atoms with van der Waals surface area (Å²) in [5.74, 6) is -3.84. The van der Waals surface area contributed by atoms with Crippen molar-refractivity contribution in [2.75, 3.05) is 19.7 Å². The van der Waals surface area contributed by atoms with Gasteiger partial charge in [0.15, 0.2) is 5.96 Å². The van der Waals surface area contributed by atoms with Gasteiger partial charge in [0.05, 0.1) is 12.6 Å². The fourth-order valence-electron chi connectivity index (χ4n) is 2.92. The standard InChI is InChI=1S/C20H40N8O6/c1-11(2)15(28-16(30)12(22)6-5-9-25-20(23)24)18(32)27-14(10-29)17(31)26-13(19(33)34)7-3-4-8-21/h11-15,29H,3-10,21-22H2,1-2H3,(H,26,31)(H,27,32)(H,28,30)(H,33,34)(H4,23,24,25). The number of nitrogens with two attached hydrogens (primary N) is 4. The van der Waals surface area contributed by atoms with Crippen LogP contribution in [0.5, 0.6) is 0 Å². The highest BCUT2D eigenvalue weighted by Gasteiger charge is 2.31. The minimum absolute atomic E-state index is 0.0673. The molecule has 0 radical (unpaired) electrons. The van der Waals surface area contributed by atoms with Crippen molar-refractivity contribution in [1.82, 2.24) is 16.0 Å². The molecule has 4 atom stereocenters. The minimum Gasteiger partial charge on any atom is -0.480 e. The summed E-state index contributed by atoms with van der Waals surface area (Å²) in [7, 11) is 0. The number of nitrogens with one attached hydrogen (secondary N) is 3. The summed E-state index contributed by atoms with van der Waals surface area (Å²) in [6.07, 6.45) is 1.95. The Bertz CT molecular complexity index is 699. The molecule has 0 rings (SSSR count). The number of unbranched alkanes of at least 4 members (excludes halogenated alkanes) is 1. The summed E-state index contributed by atoms with van der Waals surface area (Å²) in [6.45, 7) is 3.28. The Labute approximate surface area is 199 Å². The molecule has 13 N–H and O–H groups in total. The van der Waals surface area contributed by atoms with Gasteiger partial charge >= 0.3 is 5.97 Å². The van der Waals surface area contributed by atoms with Crippen molar-refractivity contribution in [3.63, 3.8) is 0 Å². The van der Waals surface area contributed by atoms with Crippen molar-refractivity contribution in [3.8, 4) is 0 Å². The number of amides is 3. The van der Waals surface area contributed by atoms with Crippen LogP contribution in [0, 0.1) is 5.92 Å². The van der Waals surface area contributed by atoms with E-state index < -0.39 is 54.5 Å². The molecule has 0 saturated heterocycles. The highest BCUT2D eigenvalue weighted by Crippen LogP contribution is 2.06. The van der Waals surface area contributed by atoms with E-state index in [1.807, 2.05) is 0 Å². The Balaban J connectivity index is 5.02. The van der Waals surface area contributed by atoms with Crippen LogP contribution in [0.4, 0.5) is 0 Å². The van der Waals surface area contributed by atoms with Gasteiger partial charge in [-0.15, -0.1) is 0 Å². The number of aliphatic hydroxyl groups excluding tert-OH is 1. The number of nitrogens with zero attached hydrogens (tertiary/aromatic N) is 1. The number of aliphatic imine (C=N–C) groups is 1. The maximum Gasteiger partial charge on any atom is 0.326 e. The Morgan fingerprint density at radius 1 is 0.882 bits per heavy atom. The molecule has 4 unspecified atom stereocenters. The topological polar surface area (TPSA) is 261 Å². The normalized spacial score (nSPS) is 14.4. The monoisotopic (exact) mass is 488 g/mol. The third-order valence-corrected chi connectivity index (χ3v) is 4.93. The zero-order chi connectivity index (χ0) is 26.3. The molecule has 14 nitrogen and oxygen atoms in total. The van der Waals surface area contributed by atoms with Crippen LogP contribution in [0.3, 0.4) is 0 Å². The molecule has 0 bridgehead atoms. The van der Waals surface area contributed by atoms with Crippen molar-refractivity contribution >= 4 is 29.7 Å². The second-order valence-electron chi connectivity index (χ2n) is 8.21. The van der Waals surface area contributed by atoms with Crippen molar-refractivity contribution in [2.45, 2.75) is 70.1 Å². The quantitative estimate of drug-likeness (QED) is 0.0558. The van der Waals surface area contributed by atoms with E-state index in [2.05, 4.69) is 20.9 Å². The first-order valence-corrected chi connectivity index (χ1v) is 11.2. The molecule has 0 aromatic rings. The summed E-state index contributed by atoms with van der Waals surface area (Å²) in [5, 5.41) is 26.1. The van der Waals surface area contributed by atoms with Crippen LogP contribution in [0.1, 0.15) is 46.0 Å². The van der Waals surface area contributed by atoms with E-state index in [0.29, 0.717) is 32.4 Å². The van der Waals surface area contributed by atoms with Gasteiger partial charge in [0.25, 0.3) is 0 Å². The molecule has 0 saturated carbocycles. The van der Waals surface area contributed by atoms with Gasteiger partial charge in [0.1, 0.15) is 18.1 Å². The van der Waals surface area contributed by atoms with Gasteiger partial charge < -0.3 is 49.1 Å². The lowest BCUT2D eigenvalue weighted by molar-refractivity contribution is -0.142. The zero-order valence-electron chi connectivity index (χ0n) is 19.8. The first kappa shape index (κ1) is 31.0. The van der Waals surface area contributed by atoms with Gasteiger partial charge in [-0.3, -0.25) is 19.4 Å². The fraction of sp³-hybridized carbons (Fsp3) is 0.750. The second-order valence-corrected chi connectivity index (χ2v) is 8.21. The SMILES string of the molecule is CC(C)C(NC(=O)C(N)CCCN=C(N)N)C(=O)NC(CO)C(=O)NC(CCCCN)C(=O)O. The van der Waals surface area contributed by atoms with Gasteiger partial charge in [-0.05, 0) is 44.6 Å². The highest BCUT2D eigenvalue weighted by molar-refractivity contribution is 5.94. The number of guanidine groups is 1. The van der Waals surface area contributed by atoms with Crippen molar-refractivity contribution in [1.29, 1.82) is 0 Å². The molecule has 0 aromatic carbocycles. The van der Waals surface area contributed by atoms with Gasteiger partial charge in [-0.1, -0.05) is 13.8 Å². The van der Waals surface area contributed by atoms with E-state index >= 15 is 0 Å². The zero-order valence-corrected chi connectivity index (χ0v) is 19.8. The first-order chi connectivity index (χ1) is 15.9. The molecule has 0 aromatic heterocycles. The van der Waals surface area contributed by atoms with Crippen LogP contribution in [-0.2, 0) is 19.2 Å². The smallest absolute Gasteiger partial charge is 0.326 e. The molecule has 0 spiro atoms. The Morgan fingerprint density at radius 2 is 1.50 bits per heavy atom. The number of hydrogen-bond acceptors (Lipinski definition) is 8. The van der Waals surface area contributed by atoms with Crippen LogP contribution in [-0.4, -0.2) is 83.7 Å². The fourth-order valence-corrected chi connectivity index (χ4v) is 2.92. The number of aliphatic hydroxyl groups is 1. The van der Waals surface area contributed by atoms with Crippen LogP contribution in [0.25, 0.3) is 0 Å². The van der Waals surface area contributed by atoms with E-state index in [0.717, 1.165) is 0 Å². The molecule has 0 aliphatic rings. The average Bonchev–Trinajstić information content (AvgIpc) is 2.76. The molecule has 0 aliphatic heterocycles. The first-order valence-electron chi connectivity index (χ1n) is 11.2. The van der Waals surface area contributed by atoms with Crippen LogP contribution >= 0.6 is 0 Å². The molecule has 0 fully saturated rings. The number of aliphatic carboxylic acids is 1. The van der Waals surface area contributed by atoms with Crippen molar-refractivity contribution < 1.29 is 29.4 Å². The van der Waals surface area contributed by atoms with Gasteiger partial charge in [0, 0.05) is 6.54 Å². The third-order valence-electron chi connectivity index (χ3n) is 4.93. The minimum atomic E-state index is -1.41. The second kappa shape index (κ2) is 16.6. The van der Waals surface area contributed by atoms with Crippen LogP contribution < -0.4 is 38.9 Å². The lowest BCUT2D eigenvalue weighted by atomic mass is 10.0. The predicted molar refractivity (Wildman–Crippen MR) is 126 cm³/mol. The predicted octanol–water partition coefficient (Wildman–Crippen LogP) is -3.32. The molecule has 3 amide bonds. The Kier molecular flexibility index (Phi) is 15.2. The maximum absolute atomic E-state index is 12.7. The number of hydrogen-bond donors (Lipinski definition) is 9. The van der Waals surface area contributed by atoms with Crippen molar-refractivity contribution in [2.24, 2.45) is 33.8 Å². The summed E-state index contributed by atoms with van der Waals surface area (Å²) in [5.41, 5.74) is 21.7. The molecule has 196 valence electrons. The lowest BCUT2D eigenvalue weighted by Crippen LogP contribution is -2.59. The van der Waals surface area contributed by atoms with Crippen LogP contribution in [0.2, 0.25) is 0 Å². The summed E-state index contributed by atoms with van der Waals surface area (Å²) >= 11 is 0. The lowest BCUT2D eigenvalue weighted by Gasteiger charge is -2.26. The molecule has 14 heteroatoms. The Hall–Kier alpha value is -2.97. The summed E-state index contributed by atoms with van der Waals surface area (Å²) < 4.78 is 0.